The van der Waals surface area contributed by atoms with E-state index in [9.17, 15) is 9.59 Å². The van der Waals surface area contributed by atoms with Gasteiger partial charge in [0.1, 0.15) is 5.78 Å². The zero-order valence-electron chi connectivity index (χ0n) is 27.4. The van der Waals surface area contributed by atoms with Crippen LogP contribution in [0.5, 0.6) is 0 Å². The highest BCUT2D eigenvalue weighted by atomic mass is 32.1. The summed E-state index contributed by atoms with van der Waals surface area (Å²) in [4.78, 5) is 33.5. The molecule has 0 aliphatic rings. The summed E-state index contributed by atoms with van der Waals surface area (Å²) in [5.41, 5.74) is 9.57. The lowest BCUT2D eigenvalue weighted by Gasteiger charge is -2.25. The van der Waals surface area contributed by atoms with Crippen LogP contribution in [0.25, 0.3) is 33.4 Å². The number of nitrogens with one attached hydrogen (secondary N) is 1. The molecule has 9 nitrogen and oxygen atoms in total. The Morgan fingerprint density at radius 2 is 2.04 bits per heavy atom. The highest BCUT2D eigenvalue weighted by Gasteiger charge is 2.28. The van der Waals surface area contributed by atoms with Crippen molar-refractivity contribution in [1.29, 1.82) is 0 Å². The number of aryl methyl sites for hydroxylation is 2. The Bertz CT molecular complexity index is 1590. The van der Waals surface area contributed by atoms with Crippen molar-refractivity contribution in [2.45, 2.75) is 79.4 Å². The van der Waals surface area contributed by atoms with Gasteiger partial charge in [-0.3, -0.25) is 25.8 Å². The van der Waals surface area contributed by atoms with E-state index in [-0.39, 0.29) is 23.2 Å². The van der Waals surface area contributed by atoms with Gasteiger partial charge in [-0.1, -0.05) is 26.8 Å². The molecule has 0 radical (unpaired) electrons. The zero-order valence-corrected chi connectivity index (χ0v) is 28.2. The predicted molar refractivity (Wildman–Crippen MR) is 181 cm³/mol. The van der Waals surface area contributed by atoms with Crippen molar-refractivity contribution in [3.63, 3.8) is 0 Å². The Morgan fingerprint density at radius 1 is 1.24 bits per heavy atom. The number of aromatic nitrogens is 3. The lowest BCUT2D eigenvalue weighted by Crippen LogP contribution is -2.24. The summed E-state index contributed by atoms with van der Waals surface area (Å²) in [7, 11) is 1.70. The number of methoxy groups -OCH3 is 1. The summed E-state index contributed by atoms with van der Waals surface area (Å²) in [5.74, 6) is 5.64. The molecule has 0 aliphatic carbocycles. The van der Waals surface area contributed by atoms with Crippen molar-refractivity contribution in [2.24, 2.45) is 17.2 Å². The lowest BCUT2D eigenvalue weighted by atomic mass is 9.84. The molecule has 45 heavy (non-hydrogen) atoms. The van der Waals surface area contributed by atoms with Gasteiger partial charge >= 0.3 is 0 Å². The van der Waals surface area contributed by atoms with E-state index in [4.69, 9.17) is 25.3 Å². The van der Waals surface area contributed by atoms with Crippen molar-refractivity contribution in [3.8, 4) is 22.5 Å². The summed E-state index contributed by atoms with van der Waals surface area (Å²) in [5, 5.41) is 4.17. The first-order valence-electron chi connectivity index (χ1n) is 15.7. The number of Topliss-reactive ketones (excluding diaryl/α,β-unsaturated/α-hetero) is 1. The van der Waals surface area contributed by atoms with Gasteiger partial charge in [-0.2, -0.15) is 0 Å². The minimum atomic E-state index is -0.313. The molecule has 0 saturated heterocycles. The number of pyridine rings is 1. The number of rotatable bonds is 18. The summed E-state index contributed by atoms with van der Waals surface area (Å²) in [6.07, 6.45) is 5.14. The third-order valence-corrected chi connectivity index (χ3v) is 9.36. The molecule has 10 heteroatoms. The number of ketones is 1. The molecule has 0 aliphatic heterocycles. The first-order valence-corrected chi connectivity index (χ1v) is 16.6. The number of fused-ring (bicyclic) bond motifs is 1. The molecule has 3 aromatic heterocycles. The van der Waals surface area contributed by atoms with Crippen molar-refractivity contribution in [2.75, 3.05) is 20.3 Å². The molecule has 2 unspecified atom stereocenters. The predicted octanol–water partition coefficient (Wildman–Crippen LogP) is 6.68. The maximum Gasteiger partial charge on any atom is 0.293 e. The highest BCUT2D eigenvalue weighted by molar-refractivity contribution is 7.09. The van der Waals surface area contributed by atoms with E-state index in [1.54, 1.807) is 24.6 Å². The number of benzene rings is 1. The third-order valence-electron chi connectivity index (χ3n) is 8.45. The van der Waals surface area contributed by atoms with Gasteiger partial charge in [-0.05, 0) is 62.9 Å². The Balaban J connectivity index is 1.74. The second-order valence-corrected chi connectivity index (χ2v) is 13.4. The average molecular weight is 634 g/mol. The smallest absolute Gasteiger partial charge is 0.293 e. The molecule has 3 heterocycles. The van der Waals surface area contributed by atoms with Gasteiger partial charge in [0.2, 0.25) is 0 Å². The number of nitrogens with two attached hydrogens (primary N) is 1. The van der Waals surface area contributed by atoms with E-state index >= 15 is 0 Å². The standard InChI is InChI=1S/C35H47N5O4S/c1-7-40-30-13-12-25(29-20-45-32(39-29)15-14-31(42)23(2)10-8-17-38-36)18-27(30)28(19-35(4,5)21-44-22-41)34(40)26-11-9-16-37-33(26)24(3)43-6/h9,11-13,16,18,20,22-24,38H,7-8,10,14-15,17,19,21,36H2,1-6H3. The fourth-order valence-electron chi connectivity index (χ4n) is 5.95. The normalized spacial score (nSPS) is 13.2. The Kier molecular flexibility index (Phi) is 12.0. The molecule has 0 bridgehead atoms. The number of nitrogens with zero attached hydrogens (tertiary/aromatic N) is 3. The van der Waals surface area contributed by atoms with Gasteiger partial charge in [0, 0.05) is 78.0 Å². The summed E-state index contributed by atoms with van der Waals surface area (Å²) in [6, 6.07) is 10.6. The molecular weight excluding hydrogens is 586 g/mol. The fraction of sp³-hybridized carbons (Fsp3) is 0.486. The van der Waals surface area contributed by atoms with E-state index in [1.807, 2.05) is 19.9 Å². The Hall–Kier alpha value is -3.44. The first kappa shape index (κ1) is 34.4. The summed E-state index contributed by atoms with van der Waals surface area (Å²) in [6.45, 7) is 12.7. The number of hydrazine groups is 1. The van der Waals surface area contributed by atoms with Crippen molar-refractivity contribution in [3.05, 3.63) is 58.2 Å². The monoisotopic (exact) mass is 633 g/mol. The largest absolute Gasteiger partial charge is 0.467 e. The van der Waals surface area contributed by atoms with Gasteiger partial charge in [-0.15, -0.1) is 11.3 Å². The number of carbonyl (C=O) groups excluding carboxylic acids is 2. The van der Waals surface area contributed by atoms with Crippen LogP contribution in [0, 0.1) is 11.3 Å². The van der Waals surface area contributed by atoms with Gasteiger partial charge < -0.3 is 14.0 Å². The van der Waals surface area contributed by atoms with Crippen LogP contribution in [0.2, 0.25) is 0 Å². The minimum Gasteiger partial charge on any atom is -0.467 e. The molecule has 0 saturated carbocycles. The third kappa shape index (κ3) is 8.24. The van der Waals surface area contributed by atoms with Gasteiger partial charge in [0.25, 0.3) is 6.47 Å². The number of thiazole rings is 1. The molecule has 1 aromatic carbocycles. The van der Waals surface area contributed by atoms with Crippen LogP contribution in [0.3, 0.4) is 0 Å². The van der Waals surface area contributed by atoms with Crippen molar-refractivity contribution < 1.29 is 19.1 Å². The SMILES string of the molecule is CCn1c(-c2cccnc2C(C)OC)c(CC(C)(C)COC=O)c2cc(-c3csc(CCC(=O)C(C)CCCNN)n3)ccc21. The van der Waals surface area contributed by atoms with Crippen molar-refractivity contribution in [1.82, 2.24) is 20.0 Å². The van der Waals surface area contributed by atoms with Crippen LogP contribution in [-0.4, -0.2) is 47.1 Å². The molecule has 0 fully saturated rings. The van der Waals surface area contributed by atoms with Crippen LogP contribution in [-0.2, 0) is 38.4 Å². The van der Waals surface area contributed by atoms with E-state index < -0.39 is 0 Å². The van der Waals surface area contributed by atoms with Crippen molar-refractivity contribution >= 4 is 34.5 Å². The van der Waals surface area contributed by atoms with E-state index in [0.717, 1.165) is 63.5 Å². The molecule has 4 rings (SSSR count). The fourth-order valence-corrected chi connectivity index (χ4v) is 6.75. The number of hydrogen-bond acceptors (Lipinski definition) is 9. The molecule has 0 spiro atoms. The highest BCUT2D eigenvalue weighted by Crippen LogP contribution is 2.41. The Morgan fingerprint density at radius 3 is 2.76 bits per heavy atom. The molecule has 2 atom stereocenters. The number of carbonyl (C=O) groups is 2. The van der Waals surface area contributed by atoms with Gasteiger partial charge in [0.05, 0.1) is 34.8 Å². The number of ether oxygens (including phenoxy) is 2. The minimum absolute atomic E-state index is 0.0174. The van der Waals surface area contributed by atoms with Crippen LogP contribution in [0.4, 0.5) is 0 Å². The zero-order chi connectivity index (χ0) is 32.6. The quantitative estimate of drug-likeness (QED) is 0.0539. The van der Waals surface area contributed by atoms with E-state index in [0.29, 0.717) is 38.9 Å². The number of hydrogen-bond donors (Lipinski definition) is 2. The van der Waals surface area contributed by atoms with Crippen LogP contribution in [0.15, 0.2) is 41.9 Å². The second kappa shape index (κ2) is 15.7. The molecular formula is C35H47N5O4S. The summed E-state index contributed by atoms with van der Waals surface area (Å²) >= 11 is 1.60. The maximum atomic E-state index is 12.7. The van der Waals surface area contributed by atoms with Crippen LogP contribution < -0.4 is 11.3 Å². The molecule has 3 N–H and O–H groups in total. The first-order chi connectivity index (χ1) is 21.6. The molecule has 4 aromatic rings. The lowest BCUT2D eigenvalue weighted by molar-refractivity contribution is -0.131. The second-order valence-electron chi connectivity index (χ2n) is 12.5. The summed E-state index contributed by atoms with van der Waals surface area (Å²) < 4.78 is 13.3. The maximum absolute atomic E-state index is 12.7. The molecule has 242 valence electrons. The average Bonchev–Trinajstić information content (AvgIpc) is 3.64. The molecule has 0 amide bonds. The Labute approximate surface area is 270 Å². The van der Waals surface area contributed by atoms with Crippen LogP contribution in [0.1, 0.15) is 76.3 Å². The van der Waals surface area contributed by atoms with E-state index in [2.05, 4.69) is 60.4 Å². The van der Waals surface area contributed by atoms with Gasteiger partial charge in [-0.25, -0.2) is 4.98 Å². The van der Waals surface area contributed by atoms with Gasteiger partial charge in [0.15, 0.2) is 0 Å². The van der Waals surface area contributed by atoms with E-state index in [1.165, 1.54) is 5.56 Å². The topological polar surface area (TPSA) is 121 Å². The van der Waals surface area contributed by atoms with Crippen LogP contribution >= 0.6 is 11.3 Å².